The number of carbonyl (C=O) groups is 1. The lowest BCUT2D eigenvalue weighted by Crippen LogP contribution is -2.43. The molecule has 9 heteroatoms. The van der Waals surface area contributed by atoms with E-state index in [2.05, 4.69) is 0 Å². The van der Waals surface area contributed by atoms with Gasteiger partial charge in [0.1, 0.15) is 11.9 Å². The first-order valence-corrected chi connectivity index (χ1v) is 11.6. The fourth-order valence-electron chi connectivity index (χ4n) is 4.05. The van der Waals surface area contributed by atoms with E-state index < -0.39 is 33.5 Å². The van der Waals surface area contributed by atoms with Gasteiger partial charge in [0.25, 0.3) is 0 Å². The van der Waals surface area contributed by atoms with E-state index in [1.807, 2.05) is 6.92 Å². The van der Waals surface area contributed by atoms with Crippen LogP contribution in [0.3, 0.4) is 0 Å². The molecule has 0 aromatic heterocycles. The highest BCUT2D eigenvalue weighted by Crippen LogP contribution is 2.38. The number of hydrogen-bond donors (Lipinski definition) is 1. The number of halogens is 1. The zero-order chi connectivity index (χ0) is 21.2. The molecule has 1 amide bonds. The summed E-state index contributed by atoms with van der Waals surface area (Å²) in [5.41, 5.74) is 5.41. The van der Waals surface area contributed by atoms with E-state index in [-0.39, 0.29) is 18.3 Å². The van der Waals surface area contributed by atoms with Crippen LogP contribution in [0.1, 0.15) is 50.7 Å². The number of rotatable bonds is 6. The molecule has 2 aliphatic heterocycles. The maximum Gasteiger partial charge on any atom is 0.246 e. The van der Waals surface area contributed by atoms with Crippen molar-refractivity contribution in [2.75, 3.05) is 19.0 Å². The highest BCUT2D eigenvalue weighted by atomic mass is 32.2. The van der Waals surface area contributed by atoms with E-state index in [0.717, 1.165) is 6.42 Å². The molecule has 2 saturated heterocycles. The first-order chi connectivity index (χ1) is 13.6. The minimum atomic E-state index is -3.38. The van der Waals surface area contributed by atoms with E-state index >= 15 is 4.39 Å². The molecule has 1 unspecified atom stereocenters. The monoisotopic (exact) mass is 428 g/mol. The van der Waals surface area contributed by atoms with Gasteiger partial charge in [-0.05, 0) is 38.3 Å². The Kier molecular flexibility index (Phi) is 6.62. The Morgan fingerprint density at radius 3 is 2.69 bits per heavy atom. The van der Waals surface area contributed by atoms with Gasteiger partial charge in [-0.25, -0.2) is 12.8 Å². The van der Waals surface area contributed by atoms with Crippen molar-refractivity contribution >= 4 is 15.9 Å². The molecule has 2 atom stereocenters. The number of carbonyl (C=O) groups excluding carboxylic acids is 1. The SMILES string of the molecule is CC(OC1(c2ccc(CN3[C@@H](C)CCCS3(=O)=O)c(F)c2)CCOCC1)C(N)=O. The molecule has 3 rings (SSSR count). The predicted molar refractivity (Wildman–Crippen MR) is 106 cm³/mol. The van der Waals surface area contributed by atoms with Crippen molar-refractivity contribution in [3.8, 4) is 0 Å². The highest BCUT2D eigenvalue weighted by Gasteiger charge is 2.39. The number of amides is 1. The number of sulfonamides is 1. The van der Waals surface area contributed by atoms with Crippen LogP contribution < -0.4 is 5.73 Å². The molecule has 2 aliphatic rings. The number of nitrogens with two attached hydrogens (primary N) is 1. The van der Waals surface area contributed by atoms with Gasteiger partial charge in [0, 0.05) is 44.2 Å². The van der Waals surface area contributed by atoms with Crippen molar-refractivity contribution in [3.05, 3.63) is 35.1 Å². The Morgan fingerprint density at radius 2 is 2.10 bits per heavy atom. The maximum absolute atomic E-state index is 15.0. The van der Waals surface area contributed by atoms with Crippen molar-refractivity contribution in [3.63, 3.8) is 0 Å². The van der Waals surface area contributed by atoms with Crippen LogP contribution in [0.2, 0.25) is 0 Å². The minimum Gasteiger partial charge on any atom is -0.381 e. The summed E-state index contributed by atoms with van der Waals surface area (Å²) in [7, 11) is -3.38. The third-order valence-electron chi connectivity index (χ3n) is 5.88. The van der Waals surface area contributed by atoms with Crippen molar-refractivity contribution in [1.82, 2.24) is 4.31 Å². The lowest BCUT2D eigenvalue weighted by atomic mass is 9.85. The van der Waals surface area contributed by atoms with Gasteiger partial charge in [0.05, 0.1) is 11.4 Å². The van der Waals surface area contributed by atoms with Crippen molar-refractivity contribution in [2.24, 2.45) is 5.73 Å². The molecule has 7 nitrogen and oxygen atoms in total. The predicted octanol–water partition coefficient (Wildman–Crippen LogP) is 2.04. The summed E-state index contributed by atoms with van der Waals surface area (Å²) in [4.78, 5) is 11.5. The minimum absolute atomic E-state index is 0.00424. The van der Waals surface area contributed by atoms with Gasteiger partial charge in [-0.3, -0.25) is 4.79 Å². The van der Waals surface area contributed by atoms with E-state index in [9.17, 15) is 13.2 Å². The Bertz CT molecular complexity index is 854. The van der Waals surface area contributed by atoms with Gasteiger partial charge in [-0.1, -0.05) is 12.1 Å². The standard InChI is InChI=1S/C20H29FN2O5S/c1-14-4-3-11-29(25,26)23(14)13-16-5-6-17(12-18(16)21)20(7-9-27-10-8-20)28-15(2)19(22)24/h5-6,12,14-15H,3-4,7-11,13H2,1-2H3,(H2,22,24)/t14-,15?/m0/s1. The first kappa shape index (κ1) is 22.1. The van der Waals surface area contributed by atoms with Crippen LogP contribution in [0.15, 0.2) is 18.2 Å². The number of primary amides is 1. The van der Waals surface area contributed by atoms with Crippen molar-refractivity contribution in [2.45, 2.75) is 63.8 Å². The molecule has 29 heavy (non-hydrogen) atoms. The summed E-state index contributed by atoms with van der Waals surface area (Å²) >= 11 is 0. The normalized spacial score (nSPS) is 25.4. The van der Waals surface area contributed by atoms with Crippen LogP contribution in [0.25, 0.3) is 0 Å². The summed E-state index contributed by atoms with van der Waals surface area (Å²) in [6, 6.07) is 4.58. The Morgan fingerprint density at radius 1 is 1.41 bits per heavy atom. The lowest BCUT2D eigenvalue weighted by molar-refractivity contribution is -0.161. The molecule has 2 N–H and O–H groups in total. The smallest absolute Gasteiger partial charge is 0.246 e. The van der Waals surface area contributed by atoms with Gasteiger partial charge in [-0.2, -0.15) is 4.31 Å². The van der Waals surface area contributed by atoms with Gasteiger partial charge in [-0.15, -0.1) is 0 Å². The summed E-state index contributed by atoms with van der Waals surface area (Å²) in [6.45, 7) is 4.28. The summed E-state index contributed by atoms with van der Waals surface area (Å²) in [6.07, 6.45) is 1.51. The van der Waals surface area contributed by atoms with Crippen LogP contribution in [-0.4, -0.2) is 49.7 Å². The molecule has 2 heterocycles. The fraction of sp³-hybridized carbons (Fsp3) is 0.650. The van der Waals surface area contributed by atoms with Crippen molar-refractivity contribution in [1.29, 1.82) is 0 Å². The van der Waals surface area contributed by atoms with Crippen LogP contribution in [0.4, 0.5) is 4.39 Å². The zero-order valence-electron chi connectivity index (χ0n) is 16.9. The second-order valence-corrected chi connectivity index (χ2v) is 9.97. The zero-order valence-corrected chi connectivity index (χ0v) is 17.7. The second-order valence-electron chi connectivity index (χ2n) is 7.93. The molecular formula is C20H29FN2O5S. The molecule has 2 fully saturated rings. The average Bonchev–Trinajstić information content (AvgIpc) is 2.66. The Labute approximate surface area is 171 Å². The molecule has 0 spiro atoms. The lowest BCUT2D eigenvalue weighted by Gasteiger charge is -2.39. The van der Waals surface area contributed by atoms with Gasteiger partial charge in [0.2, 0.25) is 15.9 Å². The van der Waals surface area contributed by atoms with E-state index in [4.69, 9.17) is 15.2 Å². The first-order valence-electron chi connectivity index (χ1n) is 9.98. The van der Waals surface area contributed by atoms with Crippen LogP contribution in [-0.2, 0) is 36.4 Å². The molecule has 0 aliphatic carbocycles. The quantitative estimate of drug-likeness (QED) is 0.748. The fourth-order valence-corrected chi connectivity index (χ4v) is 5.81. The largest absolute Gasteiger partial charge is 0.381 e. The molecule has 0 saturated carbocycles. The molecule has 1 aromatic carbocycles. The third-order valence-corrected chi connectivity index (χ3v) is 7.89. The Hall–Kier alpha value is -1.55. The van der Waals surface area contributed by atoms with Crippen molar-refractivity contribution < 1.29 is 27.1 Å². The molecule has 0 radical (unpaired) electrons. The topological polar surface area (TPSA) is 98.9 Å². The molecule has 162 valence electrons. The molecule has 1 aromatic rings. The summed E-state index contributed by atoms with van der Waals surface area (Å²) in [5.74, 6) is -0.979. The number of nitrogens with zero attached hydrogens (tertiary/aromatic N) is 1. The van der Waals surface area contributed by atoms with Gasteiger partial charge < -0.3 is 15.2 Å². The maximum atomic E-state index is 15.0. The number of ether oxygens (including phenoxy) is 2. The summed E-state index contributed by atoms with van der Waals surface area (Å²) < 4.78 is 52.6. The summed E-state index contributed by atoms with van der Waals surface area (Å²) in [5, 5.41) is 0. The highest BCUT2D eigenvalue weighted by molar-refractivity contribution is 7.89. The second kappa shape index (κ2) is 8.67. The molecule has 0 bridgehead atoms. The Balaban J connectivity index is 1.87. The number of benzene rings is 1. The van der Waals surface area contributed by atoms with Crippen LogP contribution in [0, 0.1) is 5.82 Å². The van der Waals surface area contributed by atoms with Crippen LogP contribution in [0.5, 0.6) is 0 Å². The average molecular weight is 429 g/mol. The third kappa shape index (κ3) is 4.79. The van der Waals surface area contributed by atoms with Gasteiger partial charge in [0.15, 0.2) is 0 Å². The molecular weight excluding hydrogens is 399 g/mol. The van der Waals surface area contributed by atoms with E-state index in [1.54, 1.807) is 19.1 Å². The van der Waals surface area contributed by atoms with E-state index in [1.165, 1.54) is 10.4 Å². The van der Waals surface area contributed by atoms with Gasteiger partial charge >= 0.3 is 0 Å². The van der Waals surface area contributed by atoms with E-state index in [0.29, 0.717) is 43.6 Å². The number of hydrogen-bond acceptors (Lipinski definition) is 5. The van der Waals surface area contributed by atoms with Crippen LogP contribution >= 0.6 is 0 Å².